The largest absolute Gasteiger partial charge is 0.330 e. The molecule has 1 aliphatic heterocycles. The lowest BCUT2D eigenvalue weighted by Gasteiger charge is -2.33. The van der Waals surface area contributed by atoms with Crippen LogP contribution in [-0.2, 0) is 13.1 Å². The number of benzene rings is 1. The van der Waals surface area contributed by atoms with Gasteiger partial charge in [0.05, 0.1) is 11.0 Å². The minimum atomic E-state index is 0.102. The van der Waals surface area contributed by atoms with Crippen molar-refractivity contribution in [3.8, 4) is 0 Å². The van der Waals surface area contributed by atoms with Gasteiger partial charge in [0.15, 0.2) is 4.77 Å². The van der Waals surface area contributed by atoms with Crippen molar-refractivity contribution in [1.82, 2.24) is 14.5 Å². The van der Waals surface area contributed by atoms with Crippen LogP contribution in [-0.4, -0.2) is 27.0 Å². The number of aromatic nitrogens is 2. The SMILES string of the molecule is C=CC(C)(C)CN1Cc2ccc(Br)c3[nH]c(=S)n(c23)C[C@@H]1C. The van der Waals surface area contributed by atoms with Gasteiger partial charge in [-0.1, -0.05) is 26.0 Å². The third kappa shape index (κ3) is 2.70. The van der Waals surface area contributed by atoms with Crippen molar-refractivity contribution in [1.29, 1.82) is 0 Å². The maximum Gasteiger partial charge on any atom is 0.178 e. The number of hydrogen-bond donors (Lipinski definition) is 1. The van der Waals surface area contributed by atoms with E-state index in [0.29, 0.717) is 6.04 Å². The Kier molecular flexibility index (Phi) is 4.08. The van der Waals surface area contributed by atoms with Gasteiger partial charge in [0.25, 0.3) is 0 Å². The second-order valence-corrected chi connectivity index (χ2v) is 8.16. The minimum absolute atomic E-state index is 0.102. The van der Waals surface area contributed by atoms with Crippen LogP contribution in [0.3, 0.4) is 0 Å². The average Bonchev–Trinajstić information content (AvgIpc) is 2.71. The Hall–Kier alpha value is -0.910. The van der Waals surface area contributed by atoms with Gasteiger partial charge in [0.1, 0.15) is 0 Å². The van der Waals surface area contributed by atoms with E-state index in [2.05, 4.69) is 69.9 Å². The van der Waals surface area contributed by atoms with Gasteiger partial charge in [-0.15, -0.1) is 6.58 Å². The first kappa shape index (κ1) is 16.0. The number of imidazole rings is 1. The Morgan fingerprint density at radius 2 is 2.23 bits per heavy atom. The Morgan fingerprint density at radius 1 is 1.50 bits per heavy atom. The summed E-state index contributed by atoms with van der Waals surface area (Å²) in [4.78, 5) is 5.88. The molecule has 0 fully saturated rings. The molecule has 1 aliphatic rings. The van der Waals surface area contributed by atoms with Crippen molar-refractivity contribution in [2.24, 2.45) is 5.41 Å². The minimum Gasteiger partial charge on any atom is -0.330 e. The highest BCUT2D eigenvalue weighted by Gasteiger charge is 2.27. The molecular weight excluding hydrogens is 358 g/mol. The van der Waals surface area contributed by atoms with E-state index >= 15 is 0 Å². The highest BCUT2D eigenvalue weighted by molar-refractivity contribution is 9.10. The first-order valence-electron chi connectivity index (χ1n) is 7.60. The molecule has 0 aliphatic carbocycles. The smallest absolute Gasteiger partial charge is 0.178 e. The van der Waals surface area contributed by atoms with E-state index in [4.69, 9.17) is 12.2 Å². The predicted molar refractivity (Wildman–Crippen MR) is 98.7 cm³/mol. The molecule has 2 heterocycles. The molecule has 22 heavy (non-hydrogen) atoms. The molecular formula is C17H22BrN3S. The summed E-state index contributed by atoms with van der Waals surface area (Å²) in [7, 11) is 0. The summed E-state index contributed by atoms with van der Waals surface area (Å²) in [5.41, 5.74) is 3.78. The van der Waals surface area contributed by atoms with Crippen LogP contribution in [0.1, 0.15) is 26.3 Å². The molecule has 0 amide bonds. The van der Waals surface area contributed by atoms with Gasteiger partial charge in [0, 0.05) is 30.1 Å². The van der Waals surface area contributed by atoms with Crippen molar-refractivity contribution in [3.05, 3.63) is 39.6 Å². The summed E-state index contributed by atoms with van der Waals surface area (Å²) < 4.78 is 4.12. The lowest BCUT2D eigenvalue weighted by Crippen LogP contribution is -2.40. The highest BCUT2D eigenvalue weighted by atomic mass is 79.9. The molecule has 1 aromatic heterocycles. The standard InChI is InChI=1S/C17H22BrN3S/c1-5-17(3,4)10-20-9-12-6-7-13(18)14-15(12)21(8-11(20)2)16(22)19-14/h5-7,11H,1,8-10H2,2-4H3,(H,19,22)/t11-/m0/s1. The maximum atomic E-state index is 5.54. The van der Waals surface area contributed by atoms with Gasteiger partial charge in [-0.25, -0.2) is 0 Å². The molecule has 1 N–H and O–H groups in total. The van der Waals surface area contributed by atoms with Crippen molar-refractivity contribution < 1.29 is 0 Å². The van der Waals surface area contributed by atoms with Gasteiger partial charge in [0.2, 0.25) is 0 Å². The molecule has 2 aromatic rings. The van der Waals surface area contributed by atoms with Crippen LogP contribution >= 0.6 is 28.1 Å². The monoisotopic (exact) mass is 379 g/mol. The van der Waals surface area contributed by atoms with E-state index in [-0.39, 0.29) is 5.41 Å². The summed E-state index contributed by atoms with van der Waals surface area (Å²) in [6.07, 6.45) is 2.05. The summed E-state index contributed by atoms with van der Waals surface area (Å²) in [5, 5.41) is 0. The number of nitrogens with one attached hydrogen (secondary N) is 1. The first-order chi connectivity index (χ1) is 10.3. The number of H-pyrrole nitrogens is 1. The van der Waals surface area contributed by atoms with Crippen LogP contribution in [0.25, 0.3) is 11.0 Å². The molecule has 0 saturated carbocycles. The Labute approximate surface area is 145 Å². The van der Waals surface area contributed by atoms with Crippen LogP contribution in [0.15, 0.2) is 29.3 Å². The fourth-order valence-corrected chi connectivity index (χ4v) is 3.86. The van der Waals surface area contributed by atoms with E-state index in [9.17, 15) is 0 Å². The Morgan fingerprint density at radius 3 is 2.91 bits per heavy atom. The molecule has 1 atom stereocenters. The zero-order chi connectivity index (χ0) is 16.1. The molecule has 1 aromatic carbocycles. The zero-order valence-electron chi connectivity index (χ0n) is 13.3. The summed E-state index contributed by atoms with van der Waals surface area (Å²) in [6.45, 7) is 13.6. The van der Waals surface area contributed by atoms with E-state index in [1.807, 2.05) is 6.08 Å². The fraction of sp³-hybridized carbons (Fsp3) is 0.471. The number of aromatic amines is 1. The van der Waals surface area contributed by atoms with E-state index in [1.54, 1.807) is 0 Å². The van der Waals surface area contributed by atoms with Crippen molar-refractivity contribution >= 4 is 39.2 Å². The first-order valence-corrected chi connectivity index (χ1v) is 8.80. The van der Waals surface area contributed by atoms with Crippen LogP contribution in [0, 0.1) is 10.2 Å². The molecule has 118 valence electrons. The van der Waals surface area contributed by atoms with Crippen molar-refractivity contribution in [2.75, 3.05) is 6.54 Å². The predicted octanol–water partition coefficient (Wildman–Crippen LogP) is 4.88. The second kappa shape index (κ2) is 5.62. The third-order valence-electron chi connectivity index (χ3n) is 4.56. The number of rotatable bonds is 3. The van der Waals surface area contributed by atoms with Gasteiger partial charge in [-0.3, -0.25) is 4.90 Å². The van der Waals surface area contributed by atoms with Gasteiger partial charge in [-0.05, 0) is 52.1 Å². The van der Waals surface area contributed by atoms with Crippen molar-refractivity contribution in [3.63, 3.8) is 0 Å². The summed E-state index contributed by atoms with van der Waals surface area (Å²) in [5.74, 6) is 0. The third-order valence-corrected chi connectivity index (χ3v) is 5.55. The Balaban J connectivity index is 2.09. The zero-order valence-corrected chi connectivity index (χ0v) is 15.7. The van der Waals surface area contributed by atoms with Gasteiger partial charge < -0.3 is 9.55 Å². The van der Waals surface area contributed by atoms with Crippen LogP contribution in [0.5, 0.6) is 0 Å². The number of hydrogen-bond acceptors (Lipinski definition) is 2. The van der Waals surface area contributed by atoms with E-state index in [0.717, 1.165) is 34.4 Å². The second-order valence-electron chi connectivity index (χ2n) is 6.92. The van der Waals surface area contributed by atoms with Crippen molar-refractivity contribution in [2.45, 2.75) is 39.9 Å². The molecule has 0 unspecified atom stereocenters. The van der Waals surface area contributed by atoms with Gasteiger partial charge in [-0.2, -0.15) is 0 Å². The quantitative estimate of drug-likeness (QED) is 0.606. The fourth-order valence-electron chi connectivity index (χ4n) is 3.17. The van der Waals surface area contributed by atoms with Crippen LogP contribution in [0.4, 0.5) is 0 Å². The molecule has 0 radical (unpaired) electrons. The molecule has 0 saturated heterocycles. The average molecular weight is 380 g/mol. The number of halogens is 1. The lowest BCUT2D eigenvalue weighted by atomic mass is 9.92. The lowest BCUT2D eigenvalue weighted by molar-refractivity contribution is 0.144. The summed E-state index contributed by atoms with van der Waals surface area (Å²) in [6, 6.07) is 4.74. The van der Waals surface area contributed by atoms with Crippen LogP contribution < -0.4 is 0 Å². The summed E-state index contributed by atoms with van der Waals surface area (Å²) >= 11 is 9.17. The maximum absolute atomic E-state index is 5.54. The van der Waals surface area contributed by atoms with Gasteiger partial charge >= 0.3 is 0 Å². The number of nitrogens with zero attached hydrogens (tertiary/aromatic N) is 2. The molecule has 5 heteroatoms. The molecule has 3 nitrogen and oxygen atoms in total. The normalized spacial score (nSPS) is 19.4. The van der Waals surface area contributed by atoms with Crippen LogP contribution in [0.2, 0.25) is 0 Å². The molecule has 3 rings (SSSR count). The molecule has 0 bridgehead atoms. The van der Waals surface area contributed by atoms with E-state index in [1.165, 1.54) is 11.1 Å². The topological polar surface area (TPSA) is 24.0 Å². The molecule has 0 spiro atoms. The van der Waals surface area contributed by atoms with E-state index < -0.39 is 0 Å². The Bertz CT molecular complexity index is 787. The highest BCUT2D eigenvalue weighted by Crippen LogP contribution is 2.32.